The summed E-state index contributed by atoms with van der Waals surface area (Å²) in [5, 5.41) is 9.60. The van der Waals surface area contributed by atoms with Crippen molar-refractivity contribution in [1.29, 1.82) is 0 Å². The van der Waals surface area contributed by atoms with Gasteiger partial charge in [0.2, 0.25) is 0 Å². The maximum atomic E-state index is 13.8. The number of carbonyl (C=O) groups excluding carboxylic acids is 1. The van der Waals surface area contributed by atoms with Gasteiger partial charge < -0.3 is 15.5 Å². The summed E-state index contributed by atoms with van der Waals surface area (Å²) in [5.74, 6) is 0. The van der Waals surface area contributed by atoms with Crippen LogP contribution in [0.15, 0.2) is 85.2 Å². The summed E-state index contributed by atoms with van der Waals surface area (Å²) in [6, 6.07) is 20.2. The number of para-hydroxylation sites is 1. The number of benzene rings is 3. The van der Waals surface area contributed by atoms with Crippen LogP contribution in [0.4, 0.5) is 29.3 Å². The summed E-state index contributed by atoms with van der Waals surface area (Å²) in [6.07, 6.45) is -0.857. The quantitative estimate of drug-likeness (QED) is 0.321. The molecular weight excluding hydrogens is 505 g/mol. The van der Waals surface area contributed by atoms with Crippen LogP contribution in [0, 0.1) is 0 Å². The van der Waals surface area contributed by atoms with Crippen LogP contribution in [-0.2, 0) is 12.7 Å². The molecule has 2 amide bonds. The number of carbonyl (C=O) groups is 1. The van der Waals surface area contributed by atoms with Crippen LogP contribution in [0.5, 0.6) is 0 Å². The zero-order chi connectivity index (χ0) is 27.4. The average Bonchev–Trinajstić information content (AvgIpc) is 3.42. The lowest BCUT2D eigenvalue weighted by Gasteiger charge is -2.33. The van der Waals surface area contributed by atoms with E-state index in [0.717, 1.165) is 36.0 Å². The van der Waals surface area contributed by atoms with Crippen LogP contribution in [-0.4, -0.2) is 58.8 Å². The molecule has 4 aromatic rings. The normalized spacial score (nSPS) is 14.8. The summed E-state index contributed by atoms with van der Waals surface area (Å²) < 4.78 is 43.3. The molecule has 0 radical (unpaired) electrons. The number of nitrogens with zero attached hydrogens (tertiary/aromatic N) is 4. The molecular formula is C29H29F3N6O. The van der Waals surface area contributed by atoms with Crippen molar-refractivity contribution in [2.45, 2.75) is 12.7 Å². The molecule has 1 aliphatic rings. The van der Waals surface area contributed by atoms with Gasteiger partial charge in [-0.2, -0.15) is 18.3 Å². The standard InChI is InChI=1S/C29H29F3N6O/c1-36-13-15-37(16-14-36)19-22-9-12-25(17-27(22)29(30,31)32)35-28(39)34-24-10-7-21(8-11-24)23-18-33-38(20-23)26-5-3-2-4-6-26/h2-12,17-18,20H,13-16,19H2,1H3,(H2,34,35,39). The second kappa shape index (κ2) is 11.3. The highest BCUT2D eigenvalue weighted by atomic mass is 19.4. The number of anilines is 2. The second-order valence-electron chi connectivity index (χ2n) is 9.61. The van der Waals surface area contributed by atoms with Gasteiger partial charge in [0.1, 0.15) is 0 Å². The van der Waals surface area contributed by atoms with E-state index < -0.39 is 17.8 Å². The molecule has 1 aliphatic heterocycles. The largest absolute Gasteiger partial charge is 0.416 e. The Morgan fingerprint density at radius 2 is 1.54 bits per heavy atom. The van der Waals surface area contributed by atoms with Gasteiger partial charge in [0, 0.05) is 55.9 Å². The number of amides is 2. The van der Waals surface area contributed by atoms with Crippen LogP contribution < -0.4 is 10.6 Å². The molecule has 0 atom stereocenters. The Labute approximate surface area is 224 Å². The SMILES string of the molecule is CN1CCN(Cc2ccc(NC(=O)Nc3ccc(-c4cnn(-c5ccccc5)c4)cc3)cc2C(F)(F)F)CC1. The van der Waals surface area contributed by atoms with Gasteiger partial charge in [-0.05, 0) is 54.6 Å². The number of aromatic nitrogens is 2. The van der Waals surface area contributed by atoms with E-state index in [-0.39, 0.29) is 17.8 Å². The molecule has 0 spiro atoms. The first-order chi connectivity index (χ1) is 18.7. The lowest BCUT2D eigenvalue weighted by molar-refractivity contribution is -0.138. The van der Waals surface area contributed by atoms with Crippen LogP contribution in [0.3, 0.4) is 0 Å². The van der Waals surface area contributed by atoms with E-state index >= 15 is 0 Å². The first kappa shape index (κ1) is 26.5. The first-order valence-corrected chi connectivity index (χ1v) is 12.6. The zero-order valence-corrected chi connectivity index (χ0v) is 21.4. The van der Waals surface area contributed by atoms with Crippen LogP contribution in [0.2, 0.25) is 0 Å². The number of alkyl halides is 3. The third-order valence-corrected chi connectivity index (χ3v) is 6.74. The Bertz CT molecular complexity index is 1410. The summed E-state index contributed by atoms with van der Waals surface area (Å²) in [6.45, 7) is 3.28. The molecule has 1 fully saturated rings. The third-order valence-electron chi connectivity index (χ3n) is 6.74. The van der Waals surface area contributed by atoms with E-state index in [1.165, 1.54) is 12.1 Å². The van der Waals surface area contributed by atoms with Crippen LogP contribution in [0.25, 0.3) is 16.8 Å². The molecule has 202 valence electrons. The van der Waals surface area contributed by atoms with Crippen molar-refractivity contribution in [2.75, 3.05) is 43.9 Å². The zero-order valence-electron chi connectivity index (χ0n) is 21.4. The topological polar surface area (TPSA) is 65.4 Å². The number of urea groups is 1. The molecule has 0 aliphatic carbocycles. The average molecular weight is 535 g/mol. The van der Waals surface area contributed by atoms with Gasteiger partial charge in [0.15, 0.2) is 0 Å². The lowest BCUT2D eigenvalue weighted by Crippen LogP contribution is -2.44. The third kappa shape index (κ3) is 6.65. The van der Waals surface area contributed by atoms with Gasteiger partial charge in [-0.25, -0.2) is 9.48 Å². The Balaban J connectivity index is 1.22. The minimum absolute atomic E-state index is 0.0758. The van der Waals surface area contributed by atoms with Crippen molar-refractivity contribution >= 4 is 17.4 Å². The van der Waals surface area contributed by atoms with E-state index in [1.54, 1.807) is 23.0 Å². The Hall–Kier alpha value is -4.15. The van der Waals surface area contributed by atoms with Crippen molar-refractivity contribution in [3.8, 4) is 16.8 Å². The fourth-order valence-corrected chi connectivity index (χ4v) is 4.54. The Morgan fingerprint density at radius 1 is 0.872 bits per heavy atom. The maximum Gasteiger partial charge on any atom is 0.416 e. The van der Waals surface area contributed by atoms with Gasteiger partial charge >= 0.3 is 12.2 Å². The van der Waals surface area contributed by atoms with Crippen molar-refractivity contribution in [3.63, 3.8) is 0 Å². The van der Waals surface area contributed by atoms with Crippen molar-refractivity contribution in [2.24, 2.45) is 0 Å². The maximum absolute atomic E-state index is 13.8. The second-order valence-corrected chi connectivity index (χ2v) is 9.61. The number of likely N-dealkylation sites (N-methyl/N-ethyl adjacent to an activating group) is 1. The highest BCUT2D eigenvalue weighted by Crippen LogP contribution is 2.34. The molecule has 1 saturated heterocycles. The van der Waals surface area contributed by atoms with Gasteiger partial charge in [-0.3, -0.25) is 4.90 Å². The fraction of sp³-hybridized carbons (Fsp3) is 0.241. The van der Waals surface area contributed by atoms with Gasteiger partial charge in [-0.1, -0.05) is 36.4 Å². The fourth-order valence-electron chi connectivity index (χ4n) is 4.54. The molecule has 2 heterocycles. The van der Waals surface area contributed by atoms with E-state index in [9.17, 15) is 18.0 Å². The van der Waals surface area contributed by atoms with Gasteiger partial charge in [-0.15, -0.1) is 0 Å². The van der Waals surface area contributed by atoms with Crippen LogP contribution >= 0.6 is 0 Å². The minimum atomic E-state index is -4.53. The van der Waals surface area contributed by atoms with E-state index in [4.69, 9.17) is 0 Å². The smallest absolute Gasteiger partial charge is 0.308 e. The molecule has 0 unspecified atom stereocenters. The molecule has 5 rings (SSSR count). The predicted molar refractivity (Wildman–Crippen MR) is 146 cm³/mol. The molecule has 1 aromatic heterocycles. The summed E-state index contributed by atoms with van der Waals surface area (Å²) >= 11 is 0. The lowest BCUT2D eigenvalue weighted by atomic mass is 10.0. The molecule has 7 nitrogen and oxygen atoms in total. The number of nitrogens with one attached hydrogen (secondary N) is 2. The number of rotatable bonds is 6. The highest BCUT2D eigenvalue weighted by molar-refractivity contribution is 6.00. The molecule has 0 bridgehead atoms. The Kier molecular flexibility index (Phi) is 7.67. The number of hydrogen-bond acceptors (Lipinski definition) is 4. The van der Waals surface area contributed by atoms with E-state index in [0.29, 0.717) is 18.8 Å². The number of hydrogen-bond donors (Lipinski definition) is 2. The molecule has 3 aromatic carbocycles. The molecule has 10 heteroatoms. The van der Waals surface area contributed by atoms with E-state index in [1.807, 2.05) is 60.6 Å². The molecule has 0 saturated carbocycles. The number of piperazine rings is 1. The van der Waals surface area contributed by atoms with Crippen LogP contribution in [0.1, 0.15) is 11.1 Å². The Morgan fingerprint density at radius 3 is 2.23 bits per heavy atom. The number of halogens is 3. The van der Waals surface area contributed by atoms with Crippen molar-refractivity contribution in [1.82, 2.24) is 19.6 Å². The predicted octanol–water partition coefficient (Wildman–Crippen LogP) is 5.95. The summed E-state index contributed by atoms with van der Waals surface area (Å²) in [4.78, 5) is 16.7. The van der Waals surface area contributed by atoms with E-state index in [2.05, 4.69) is 20.6 Å². The van der Waals surface area contributed by atoms with Gasteiger partial charge in [0.25, 0.3) is 0 Å². The minimum Gasteiger partial charge on any atom is -0.308 e. The first-order valence-electron chi connectivity index (χ1n) is 12.6. The molecule has 39 heavy (non-hydrogen) atoms. The van der Waals surface area contributed by atoms with Gasteiger partial charge in [0.05, 0.1) is 17.4 Å². The molecule has 2 N–H and O–H groups in total. The highest BCUT2D eigenvalue weighted by Gasteiger charge is 2.34. The summed E-state index contributed by atoms with van der Waals surface area (Å²) in [5.41, 5.74) is 2.81. The monoisotopic (exact) mass is 534 g/mol. The van der Waals surface area contributed by atoms with Crippen molar-refractivity contribution in [3.05, 3.63) is 96.3 Å². The van der Waals surface area contributed by atoms with Crippen molar-refractivity contribution < 1.29 is 18.0 Å². The summed E-state index contributed by atoms with van der Waals surface area (Å²) in [7, 11) is 2.00.